The molecule has 1 aliphatic rings. The van der Waals surface area contributed by atoms with E-state index in [1.54, 1.807) is 12.1 Å². The lowest BCUT2D eigenvalue weighted by Crippen LogP contribution is -2.12. The Morgan fingerprint density at radius 3 is 2.61 bits per heavy atom. The van der Waals surface area contributed by atoms with E-state index >= 15 is 0 Å². The number of benzene rings is 2. The molecule has 0 saturated heterocycles. The highest BCUT2D eigenvalue weighted by Gasteiger charge is 2.24. The molecule has 0 saturated carbocycles. The quantitative estimate of drug-likeness (QED) is 0.861. The number of hydrogen-bond acceptors (Lipinski definition) is 4. The zero-order valence-corrected chi connectivity index (χ0v) is 12.0. The average Bonchev–Trinajstić information content (AvgIpc) is 2.97. The minimum atomic E-state index is -0.593. The smallest absolute Gasteiger partial charge is 0.248 e. The van der Waals surface area contributed by atoms with Gasteiger partial charge in [0.05, 0.1) is 24.7 Å². The number of carbonyl (C=O) groups excluding carboxylic acids is 1. The van der Waals surface area contributed by atoms with Crippen LogP contribution in [0, 0.1) is 28.6 Å². The number of nitrogens with two attached hydrogens (primary N) is 1. The van der Waals surface area contributed by atoms with E-state index in [4.69, 9.17) is 11.0 Å². The van der Waals surface area contributed by atoms with Crippen LogP contribution in [-0.2, 0) is 13.1 Å². The number of amides is 1. The highest BCUT2D eigenvalue weighted by molar-refractivity contribution is 5.95. The number of nitrogens with zero attached hydrogens (tertiary/aromatic N) is 3. The summed E-state index contributed by atoms with van der Waals surface area (Å²) >= 11 is 0. The van der Waals surface area contributed by atoms with Crippen molar-refractivity contribution >= 4 is 5.91 Å². The molecule has 5 nitrogen and oxygen atoms in total. The van der Waals surface area contributed by atoms with Gasteiger partial charge in [-0.3, -0.25) is 4.79 Å². The van der Waals surface area contributed by atoms with Crippen molar-refractivity contribution in [3.8, 4) is 23.4 Å². The molecule has 0 aromatic heterocycles. The Balaban J connectivity index is 2.27. The third kappa shape index (κ3) is 2.47. The van der Waals surface area contributed by atoms with Gasteiger partial charge in [-0.25, -0.2) is 4.39 Å². The fourth-order valence-corrected chi connectivity index (χ4v) is 2.81. The summed E-state index contributed by atoms with van der Waals surface area (Å²) in [6, 6.07) is 9.13. The first-order chi connectivity index (χ1) is 11.0. The van der Waals surface area contributed by atoms with Crippen LogP contribution in [0.4, 0.5) is 4.39 Å². The van der Waals surface area contributed by atoms with Gasteiger partial charge in [0.15, 0.2) is 6.19 Å². The number of rotatable bonds is 2. The third-order valence-electron chi connectivity index (χ3n) is 3.87. The first-order valence-corrected chi connectivity index (χ1v) is 6.83. The summed E-state index contributed by atoms with van der Waals surface area (Å²) in [4.78, 5) is 13.1. The zero-order valence-electron chi connectivity index (χ0n) is 12.0. The molecular formula is C17H11FN4O. The molecule has 2 aromatic carbocycles. The van der Waals surface area contributed by atoms with E-state index in [1.807, 2.05) is 6.07 Å². The number of halogens is 1. The summed E-state index contributed by atoms with van der Waals surface area (Å²) in [5, 5.41) is 18.4. The predicted molar refractivity (Wildman–Crippen MR) is 79.9 cm³/mol. The van der Waals surface area contributed by atoms with Crippen LogP contribution in [0.2, 0.25) is 0 Å². The summed E-state index contributed by atoms with van der Waals surface area (Å²) in [7, 11) is 0. The van der Waals surface area contributed by atoms with Gasteiger partial charge < -0.3 is 10.6 Å². The maximum absolute atomic E-state index is 13.4. The Hall–Kier alpha value is -3.38. The molecule has 2 N–H and O–H groups in total. The van der Waals surface area contributed by atoms with Gasteiger partial charge in [-0.2, -0.15) is 10.5 Å². The lowest BCUT2D eigenvalue weighted by Gasteiger charge is -2.12. The summed E-state index contributed by atoms with van der Waals surface area (Å²) < 4.78 is 13.4. The van der Waals surface area contributed by atoms with Gasteiger partial charge in [-0.05, 0) is 41.0 Å². The molecule has 3 rings (SSSR count). The molecule has 112 valence electrons. The van der Waals surface area contributed by atoms with Gasteiger partial charge in [-0.15, -0.1) is 0 Å². The molecule has 0 aliphatic carbocycles. The molecule has 6 heteroatoms. The van der Waals surface area contributed by atoms with Gasteiger partial charge in [0.25, 0.3) is 0 Å². The average molecular weight is 306 g/mol. The van der Waals surface area contributed by atoms with Gasteiger partial charge in [0.1, 0.15) is 5.82 Å². The second-order valence-electron chi connectivity index (χ2n) is 5.28. The number of hydrogen-bond donors (Lipinski definition) is 1. The van der Waals surface area contributed by atoms with E-state index in [1.165, 1.54) is 17.0 Å². The standard InChI is InChI=1S/C17H11FN4O/c18-13-1-2-14(11(4-13)6-19)15-5-10(17(21)23)3-12-7-22(9-20)8-16(12)15/h1-5H,7-8H2,(H2,21,23). The van der Waals surface area contributed by atoms with Crippen LogP contribution >= 0.6 is 0 Å². The largest absolute Gasteiger partial charge is 0.366 e. The minimum absolute atomic E-state index is 0.171. The van der Waals surface area contributed by atoms with Gasteiger partial charge >= 0.3 is 0 Å². The molecule has 0 radical (unpaired) electrons. The number of nitriles is 2. The maximum Gasteiger partial charge on any atom is 0.248 e. The van der Waals surface area contributed by atoms with Crippen molar-refractivity contribution in [1.29, 1.82) is 10.5 Å². The Labute approximate surface area is 132 Å². The van der Waals surface area contributed by atoms with Gasteiger partial charge in [-0.1, -0.05) is 6.07 Å². The van der Waals surface area contributed by atoms with E-state index in [0.29, 0.717) is 29.8 Å². The highest BCUT2D eigenvalue weighted by Crippen LogP contribution is 2.35. The summed E-state index contributed by atoms with van der Waals surface area (Å²) in [5.41, 5.74) is 8.65. The van der Waals surface area contributed by atoms with E-state index < -0.39 is 11.7 Å². The SMILES string of the molecule is N#Cc1cc(F)ccc1-c1cc(C(N)=O)cc2c1CN(C#N)C2. The second-order valence-corrected chi connectivity index (χ2v) is 5.28. The fraction of sp³-hybridized carbons (Fsp3) is 0.118. The Bertz CT molecular complexity index is 908. The Morgan fingerprint density at radius 2 is 1.96 bits per heavy atom. The molecule has 0 atom stereocenters. The molecule has 23 heavy (non-hydrogen) atoms. The van der Waals surface area contributed by atoms with E-state index in [9.17, 15) is 14.4 Å². The molecule has 0 bridgehead atoms. The molecular weight excluding hydrogens is 295 g/mol. The minimum Gasteiger partial charge on any atom is -0.366 e. The van der Waals surface area contributed by atoms with Crippen LogP contribution in [-0.4, -0.2) is 10.8 Å². The van der Waals surface area contributed by atoms with Crippen LogP contribution in [0.25, 0.3) is 11.1 Å². The molecule has 0 fully saturated rings. The summed E-state index contributed by atoms with van der Waals surface area (Å²) in [6.45, 7) is 0.755. The van der Waals surface area contributed by atoms with Crippen molar-refractivity contribution in [3.05, 3.63) is 58.4 Å². The van der Waals surface area contributed by atoms with Gasteiger partial charge in [0.2, 0.25) is 5.91 Å². The van der Waals surface area contributed by atoms with E-state index in [2.05, 4.69) is 6.19 Å². The van der Waals surface area contributed by atoms with Crippen LogP contribution in [0.3, 0.4) is 0 Å². The van der Waals surface area contributed by atoms with E-state index in [0.717, 1.165) is 17.2 Å². The molecule has 0 spiro atoms. The zero-order chi connectivity index (χ0) is 16.6. The number of carbonyl (C=O) groups is 1. The fourth-order valence-electron chi connectivity index (χ4n) is 2.81. The van der Waals surface area contributed by atoms with Crippen molar-refractivity contribution < 1.29 is 9.18 Å². The second kappa shape index (κ2) is 5.43. The maximum atomic E-state index is 13.4. The lowest BCUT2D eigenvalue weighted by molar-refractivity contribution is 0.1000. The number of primary amides is 1. The highest BCUT2D eigenvalue weighted by atomic mass is 19.1. The molecule has 0 unspecified atom stereocenters. The van der Waals surface area contributed by atoms with Crippen molar-refractivity contribution in [3.63, 3.8) is 0 Å². The van der Waals surface area contributed by atoms with Crippen LogP contribution in [0.1, 0.15) is 27.0 Å². The van der Waals surface area contributed by atoms with Crippen molar-refractivity contribution in [2.24, 2.45) is 5.73 Å². The van der Waals surface area contributed by atoms with Crippen molar-refractivity contribution in [2.45, 2.75) is 13.1 Å². The normalized spacial score (nSPS) is 12.4. The lowest BCUT2D eigenvalue weighted by atomic mass is 9.91. The topological polar surface area (TPSA) is 93.9 Å². The number of fused-ring (bicyclic) bond motifs is 1. The predicted octanol–water partition coefficient (Wildman–Crippen LogP) is 2.26. The van der Waals surface area contributed by atoms with Crippen molar-refractivity contribution in [2.75, 3.05) is 0 Å². The summed E-state index contributed by atoms with van der Waals surface area (Å²) in [5.74, 6) is -1.10. The molecule has 1 amide bonds. The molecule has 2 aromatic rings. The monoisotopic (exact) mass is 306 g/mol. The molecule has 1 heterocycles. The van der Waals surface area contributed by atoms with Gasteiger partial charge in [0, 0.05) is 11.1 Å². The van der Waals surface area contributed by atoms with Crippen LogP contribution < -0.4 is 5.73 Å². The Morgan fingerprint density at radius 1 is 1.17 bits per heavy atom. The van der Waals surface area contributed by atoms with Crippen LogP contribution in [0.15, 0.2) is 30.3 Å². The summed E-state index contributed by atoms with van der Waals surface area (Å²) in [6.07, 6.45) is 2.07. The molecule has 1 aliphatic heterocycles. The third-order valence-corrected chi connectivity index (χ3v) is 3.87. The van der Waals surface area contributed by atoms with Crippen molar-refractivity contribution in [1.82, 2.24) is 4.90 Å². The van der Waals surface area contributed by atoms with Crippen LogP contribution in [0.5, 0.6) is 0 Å². The Kier molecular flexibility index (Phi) is 3.44. The van der Waals surface area contributed by atoms with E-state index in [-0.39, 0.29) is 5.56 Å². The first kappa shape index (κ1) is 14.6. The first-order valence-electron chi connectivity index (χ1n) is 6.83.